The summed E-state index contributed by atoms with van der Waals surface area (Å²) in [6.45, 7) is 6.05. The van der Waals surface area contributed by atoms with Crippen molar-refractivity contribution in [1.29, 1.82) is 0 Å². The normalized spacial score (nSPS) is 12.3. The molecular weight excluding hydrogens is 298 g/mol. The molecule has 3 heteroatoms. The lowest BCUT2D eigenvalue weighted by molar-refractivity contribution is -0.117. The van der Waals surface area contributed by atoms with E-state index in [0.717, 1.165) is 23.3 Å². The fourth-order valence-electron chi connectivity index (χ4n) is 2.43. The summed E-state index contributed by atoms with van der Waals surface area (Å²) in [6, 6.07) is 17.8. The zero-order valence-corrected chi connectivity index (χ0v) is 14.5. The number of ether oxygens (including phenoxy) is 1. The van der Waals surface area contributed by atoms with Gasteiger partial charge in [-0.2, -0.15) is 0 Å². The molecule has 2 aromatic carbocycles. The average Bonchev–Trinajstić information content (AvgIpc) is 2.59. The first-order chi connectivity index (χ1) is 11.6. The van der Waals surface area contributed by atoms with Gasteiger partial charge in [-0.25, -0.2) is 0 Å². The molecule has 0 aliphatic rings. The quantitative estimate of drug-likeness (QED) is 0.746. The summed E-state index contributed by atoms with van der Waals surface area (Å²) in [7, 11) is 0. The number of amides is 1. The predicted octanol–water partition coefficient (Wildman–Crippen LogP) is 4.75. The highest BCUT2D eigenvalue weighted by Crippen LogP contribution is 2.17. The molecular formula is C21H25NO2. The van der Waals surface area contributed by atoms with Gasteiger partial charge in [-0.1, -0.05) is 49.4 Å². The van der Waals surface area contributed by atoms with Crippen LogP contribution in [0.25, 0.3) is 6.08 Å². The highest BCUT2D eigenvalue weighted by atomic mass is 16.5. The summed E-state index contributed by atoms with van der Waals surface area (Å²) in [5.41, 5.74) is 2.09. The van der Waals surface area contributed by atoms with Crippen LogP contribution in [0.3, 0.4) is 0 Å². The van der Waals surface area contributed by atoms with Gasteiger partial charge >= 0.3 is 0 Å². The zero-order chi connectivity index (χ0) is 17.4. The maximum absolute atomic E-state index is 12.1. The van der Waals surface area contributed by atoms with Crippen LogP contribution >= 0.6 is 0 Å². The molecule has 2 rings (SSSR count). The summed E-state index contributed by atoms with van der Waals surface area (Å²) >= 11 is 0. The van der Waals surface area contributed by atoms with E-state index in [1.54, 1.807) is 6.08 Å². The minimum absolute atomic E-state index is 0.0326. The number of rotatable bonds is 7. The number of carbonyl (C=O) groups is 1. The number of hydrogen-bond donors (Lipinski definition) is 1. The molecule has 1 amide bonds. The standard InChI is InChI=1S/C21H25NO2/c1-4-20(18-8-6-5-7-9-18)22-21(23)15-12-17-10-13-19(14-11-17)24-16(2)3/h5-16,20H,4H2,1-3H3,(H,22,23)/b15-12+. The van der Waals surface area contributed by atoms with Crippen molar-refractivity contribution in [3.8, 4) is 5.75 Å². The van der Waals surface area contributed by atoms with Crippen molar-refractivity contribution in [3.05, 3.63) is 71.8 Å². The fraction of sp³-hybridized carbons (Fsp3) is 0.286. The molecule has 0 aromatic heterocycles. The molecule has 0 spiro atoms. The first kappa shape index (κ1) is 17.8. The van der Waals surface area contributed by atoms with Gasteiger partial charge in [0.15, 0.2) is 0 Å². The summed E-state index contributed by atoms with van der Waals surface area (Å²) in [4.78, 5) is 12.1. The highest BCUT2D eigenvalue weighted by Gasteiger charge is 2.10. The largest absolute Gasteiger partial charge is 0.491 e. The van der Waals surface area contributed by atoms with Crippen molar-refractivity contribution in [1.82, 2.24) is 5.32 Å². The lowest BCUT2D eigenvalue weighted by atomic mass is 10.0. The Morgan fingerprint density at radius 2 is 1.75 bits per heavy atom. The third-order valence-corrected chi connectivity index (χ3v) is 3.61. The lowest BCUT2D eigenvalue weighted by Gasteiger charge is -2.16. The van der Waals surface area contributed by atoms with Gasteiger partial charge in [0.25, 0.3) is 0 Å². The molecule has 3 nitrogen and oxygen atoms in total. The van der Waals surface area contributed by atoms with Gasteiger partial charge in [-0.05, 0) is 49.6 Å². The fourth-order valence-corrected chi connectivity index (χ4v) is 2.43. The molecule has 2 aromatic rings. The Labute approximate surface area is 144 Å². The van der Waals surface area contributed by atoms with Crippen LogP contribution in [0.2, 0.25) is 0 Å². The maximum atomic E-state index is 12.1. The molecule has 1 N–H and O–H groups in total. The van der Waals surface area contributed by atoms with Crippen LogP contribution in [0.15, 0.2) is 60.7 Å². The van der Waals surface area contributed by atoms with Crippen LogP contribution in [0.5, 0.6) is 5.75 Å². The molecule has 0 bridgehead atoms. The number of carbonyl (C=O) groups excluding carboxylic acids is 1. The SMILES string of the molecule is CCC(NC(=O)/C=C/c1ccc(OC(C)C)cc1)c1ccccc1. The Morgan fingerprint density at radius 1 is 1.08 bits per heavy atom. The predicted molar refractivity (Wildman–Crippen MR) is 98.9 cm³/mol. The van der Waals surface area contributed by atoms with E-state index >= 15 is 0 Å². The molecule has 1 atom stereocenters. The summed E-state index contributed by atoms with van der Waals surface area (Å²) < 4.78 is 5.61. The van der Waals surface area contributed by atoms with Gasteiger partial charge < -0.3 is 10.1 Å². The van der Waals surface area contributed by atoms with Crippen molar-refractivity contribution in [2.75, 3.05) is 0 Å². The minimum atomic E-state index is -0.0896. The number of hydrogen-bond acceptors (Lipinski definition) is 2. The molecule has 0 radical (unpaired) electrons. The van der Waals surface area contributed by atoms with E-state index in [9.17, 15) is 4.79 Å². The summed E-state index contributed by atoms with van der Waals surface area (Å²) in [5, 5.41) is 3.04. The van der Waals surface area contributed by atoms with Gasteiger partial charge in [0, 0.05) is 6.08 Å². The lowest BCUT2D eigenvalue weighted by Crippen LogP contribution is -2.26. The molecule has 24 heavy (non-hydrogen) atoms. The van der Waals surface area contributed by atoms with Crippen LogP contribution in [-0.2, 0) is 4.79 Å². The highest BCUT2D eigenvalue weighted by molar-refractivity contribution is 5.92. The maximum Gasteiger partial charge on any atom is 0.244 e. The molecule has 0 aliphatic heterocycles. The molecule has 0 saturated carbocycles. The van der Waals surface area contributed by atoms with Crippen molar-refractivity contribution in [3.63, 3.8) is 0 Å². The van der Waals surface area contributed by atoms with Crippen molar-refractivity contribution >= 4 is 12.0 Å². The van der Waals surface area contributed by atoms with Crippen molar-refractivity contribution in [2.24, 2.45) is 0 Å². The molecule has 0 heterocycles. The van der Waals surface area contributed by atoms with Crippen LogP contribution in [0.1, 0.15) is 44.4 Å². The smallest absolute Gasteiger partial charge is 0.244 e. The van der Waals surface area contributed by atoms with Crippen molar-refractivity contribution in [2.45, 2.75) is 39.3 Å². The topological polar surface area (TPSA) is 38.3 Å². The van der Waals surface area contributed by atoms with E-state index in [2.05, 4.69) is 12.2 Å². The Morgan fingerprint density at radius 3 is 2.33 bits per heavy atom. The second-order valence-electron chi connectivity index (χ2n) is 5.95. The van der Waals surface area contributed by atoms with Gasteiger partial charge in [-0.3, -0.25) is 4.79 Å². The first-order valence-corrected chi connectivity index (χ1v) is 8.38. The third kappa shape index (κ3) is 5.58. The second kappa shape index (κ2) is 8.92. The first-order valence-electron chi connectivity index (χ1n) is 8.38. The molecule has 0 fully saturated rings. The Bertz CT molecular complexity index is 660. The van der Waals surface area contributed by atoms with E-state index in [1.807, 2.05) is 74.5 Å². The van der Waals surface area contributed by atoms with E-state index in [1.165, 1.54) is 0 Å². The van der Waals surface area contributed by atoms with Crippen molar-refractivity contribution < 1.29 is 9.53 Å². The second-order valence-corrected chi connectivity index (χ2v) is 5.95. The van der Waals surface area contributed by atoms with Gasteiger partial charge in [0.2, 0.25) is 5.91 Å². The van der Waals surface area contributed by atoms with Gasteiger partial charge in [-0.15, -0.1) is 0 Å². The van der Waals surface area contributed by atoms with E-state index in [0.29, 0.717) is 0 Å². The van der Waals surface area contributed by atoms with Crippen LogP contribution in [0.4, 0.5) is 0 Å². The van der Waals surface area contributed by atoms with E-state index in [4.69, 9.17) is 4.74 Å². The van der Waals surface area contributed by atoms with Crippen LogP contribution < -0.4 is 10.1 Å². The monoisotopic (exact) mass is 323 g/mol. The molecule has 126 valence electrons. The molecule has 0 saturated heterocycles. The third-order valence-electron chi connectivity index (χ3n) is 3.61. The number of benzene rings is 2. The summed E-state index contributed by atoms with van der Waals surface area (Å²) in [6.07, 6.45) is 4.39. The Hall–Kier alpha value is -2.55. The molecule has 1 unspecified atom stereocenters. The van der Waals surface area contributed by atoms with Gasteiger partial charge in [0.05, 0.1) is 12.1 Å². The summed E-state index contributed by atoms with van der Waals surface area (Å²) in [5.74, 6) is 0.745. The average molecular weight is 323 g/mol. The molecule has 0 aliphatic carbocycles. The Balaban J connectivity index is 1.94. The van der Waals surface area contributed by atoms with Gasteiger partial charge in [0.1, 0.15) is 5.75 Å². The van der Waals surface area contributed by atoms with E-state index in [-0.39, 0.29) is 18.1 Å². The Kier molecular flexibility index (Phi) is 6.62. The minimum Gasteiger partial charge on any atom is -0.491 e. The van der Waals surface area contributed by atoms with E-state index < -0.39 is 0 Å². The zero-order valence-electron chi connectivity index (χ0n) is 14.5. The van der Waals surface area contributed by atoms with Crippen LogP contribution in [-0.4, -0.2) is 12.0 Å². The number of nitrogens with one attached hydrogen (secondary N) is 1. The van der Waals surface area contributed by atoms with Crippen LogP contribution in [0, 0.1) is 0 Å².